The fourth-order valence-corrected chi connectivity index (χ4v) is 1.45. The van der Waals surface area contributed by atoms with E-state index in [4.69, 9.17) is 10.5 Å². The normalized spacial score (nSPS) is 10.1. The Morgan fingerprint density at radius 2 is 2.31 bits per heavy atom. The number of carbonyl (C=O) groups is 1. The van der Waals surface area contributed by atoms with Gasteiger partial charge in [0.1, 0.15) is 5.75 Å². The summed E-state index contributed by atoms with van der Waals surface area (Å²) in [4.78, 5) is 11.1. The van der Waals surface area contributed by atoms with Gasteiger partial charge in [0.05, 0.1) is 18.4 Å². The van der Waals surface area contributed by atoms with Gasteiger partial charge in [-0.1, -0.05) is 0 Å². The van der Waals surface area contributed by atoms with E-state index in [0.717, 1.165) is 5.69 Å². The molecule has 0 aliphatic heterocycles. The lowest BCUT2D eigenvalue weighted by Crippen LogP contribution is -2.12. The molecule has 5 nitrogen and oxygen atoms in total. The molecule has 0 unspecified atom stereocenters. The summed E-state index contributed by atoms with van der Waals surface area (Å²) in [5.41, 5.74) is 6.39. The van der Waals surface area contributed by atoms with Crippen molar-refractivity contribution < 1.29 is 9.53 Å². The van der Waals surface area contributed by atoms with Gasteiger partial charge in [0.15, 0.2) is 0 Å². The summed E-state index contributed by atoms with van der Waals surface area (Å²) in [6, 6.07) is 6.91. The first-order valence-electron chi connectivity index (χ1n) is 4.70. The molecule has 0 bridgehead atoms. The van der Waals surface area contributed by atoms with Gasteiger partial charge in [-0.15, -0.1) is 0 Å². The molecule has 1 aromatic carbocycles. The Morgan fingerprint density at radius 1 is 1.50 bits per heavy atom. The number of amides is 1. The van der Waals surface area contributed by atoms with E-state index in [-0.39, 0.29) is 0 Å². The topological polar surface area (TPSA) is 70.1 Å². The van der Waals surface area contributed by atoms with Crippen LogP contribution in [0.5, 0.6) is 5.75 Å². The first-order valence-corrected chi connectivity index (χ1v) is 4.70. The first kappa shape index (κ1) is 10.2. The molecule has 1 aromatic heterocycles. The van der Waals surface area contributed by atoms with Crippen molar-refractivity contribution >= 4 is 5.91 Å². The maximum atomic E-state index is 11.1. The second-order valence-electron chi connectivity index (χ2n) is 3.20. The lowest BCUT2D eigenvalue weighted by Gasteiger charge is -2.08. The number of rotatable bonds is 3. The Hall–Kier alpha value is -2.30. The fourth-order valence-electron chi connectivity index (χ4n) is 1.45. The summed E-state index contributed by atoms with van der Waals surface area (Å²) < 4.78 is 6.78. The molecular weight excluding hydrogens is 206 g/mol. The lowest BCUT2D eigenvalue weighted by atomic mass is 10.1. The Morgan fingerprint density at radius 3 is 2.88 bits per heavy atom. The number of hydrogen-bond acceptors (Lipinski definition) is 3. The highest BCUT2D eigenvalue weighted by atomic mass is 16.5. The van der Waals surface area contributed by atoms with Crippen molar-refractivity contribution in [3.8, 4) is 11.4 Å². The Kier molecular flexibility index (Phi) is 2.59. The van der Waals surface area contributed by atoms with Crippen LogP contribution in [0.3, 0.4) is 0 Å². The van der Waals surface area contributed by atoms with E-state index in [9.17, 15) is 4.79 Å². The Balaban J connectivity index is 2.49. The number of carbonyl (C=O) groups excluding carboxylic acids is 1. The number of nitrogens with zero attached hydrogens (tertiary/aromatic N) is 2. The highest BCUT2D eigenvalue weighted by Crippen LogP contribution is 2.21. The second-order valence-corrected chi connectivity index (χ2v) is 3.20. The van der Waals surface area contributed by atoms with Crippen LogP contribution in [0.1, 0.15) is 10.4 Å². The molecular formula is C11H11N3O2. The monoisotopic (exact) mass is 217 g/mol. The molecule has 2 aromatic rings. The number of aromatic nitrogens is 2. The number of benzene rings is 1. The second kappa shape index (κ2) is 4.06. The van der Waals surface area contributed by atoms with Crippen molar-refractivity contribution in [1.29, 1.82) is 0 Å². The number of hydrogen-bond donors (Lipinski definition) is 1. The van der Waals surface area contributed by atoms with Gasteiger partial charge in [-0.2, -0.15) is 5.10 Å². The van der Waals surface area contributed by atoms with Crippen molar-refractivity contribution in [2.75, 3.05) is 7.11 Å². The molecule has 2 rings (SSSR count). The molecule has 82 valence electrons. The maximum absolute atomic E-state index is 11.1. The van der Waals surface area contributed by atoms with E-state index < -0.39 is 5.91 Å². The molecule has 2 N–H and O–H groups in total. The average Bonchev–Trinajstić information content (AvgIpc) is 2.81. The van der Waals surface area contributed by atoms with Crippen LogP contribution in [-0.4, -0.2) is 22.8 Å². The van der Waals surface area contributed by atoms with E-state index in [1.165, 1.54) is 7.11 Å². The number of methoxy groups -OCH3 is 1. The first-order chi connectivity index (χ1) is 7.72. The standard InChI is InChI=1S/C11H11N3O2/c1-16-10-7-8(14-6-2-5-13-14)3-4-9(10)11(12)15/h2-7H,1H3,(H2,12,15). The average molecular weight is 217 g/mol. The third-order valence-electron chi connectivity index (χ3n) is 2.22. The van der Waals surface area contributed by atoms with Crippen LogP contribution in [0.15, 0.2) is 36.7 Å². The van der Waals surface area contributed by atoms with Gasteiger partial charge < -0.3 is 10.5 Å². The van der Waals surface area contributed by atoms with Gasteiger partial charge in [-0.3, -0.25) is 4.79 Å². The molecule has 0 fully saturated rings. The van der Waals surface area contributed by atoms with Crippen molar-refractivity contribution in [2.45, 2.75) is 0 Å². The number of primary amides is 1. The molecule has 1 heterocycles. The maximum Gasteiger partial charge on any atom is 0.252 e. The van der Waals surface area contributed by atoms with Gasteiger partial charge in [0.2, 0.25) is 0 Å². The molecule has 0 saturated heterocycles. The molecule has 0 spiro atoms. The Labute approximate surface area is 92.4 Å². The van der Waals surface area contributed by atoms with E-state index in [1.54, 1.807) is 35.3 Å². The molecule has 1 amide bonds. The number of ether oxygens (including phenoxy) is 1. The zero-order valence-corrected chi connectivity index (χ0v) is 8.75. The van der Waals surface area contributed by atoms with Crippen molar-refractivity contribution in [3.05, 3.63) is 42.2 Å². The van der Waals surface area contributed by atoms with Crippen molar-refractivity contribution in [3.63, 3.8) is 0 Å². The summed E-state index contributed by atoms with van der Waals surface area (Å²) >= 11 is 0. The molecule has 0 saturated carbocycles. The largest absolute Gasteiger partial charge is 0.496 e. The van der Waals surface area contributed by atoms with Crippen LogP contribution >= 0.6 is 0 Å². The third-order valence-corrected chi connectivity index (χ3v) is 2.22. The van der Waals surface area contributed by atoms with Gasteiger partial charge in [0.25, 0.3) is 5.91 Å². The van der Waals surface area contributed by atoms with Crippen LogP contribution in [-0.2, 0) is 0 Å². The van der Waals surface area contributed by atoms with Crippen LogP contribution in [0.2, 0.25) is 0 Å². The van der Waals surface area contributed by atoms with Crippen molar-refractivity contribution in [1.82, 2.24) is 9.78 Å². The summed E-state index contributed by atoms with van der Waals surface area (Å²) in [5, 5.41) is 4.08. The van der Waals surface area contributed by atoms with Gasteiger partial charge in [0, 0.05) is 18.5 Å². The van der Waals surface area contributed by atoms with E-state index in [0.29, 0.717) is 11.3 Å². The van der Waals surface area contributed by atoms with Gasteiger partial charge >= 0.3 is 0 Å². The van der Waals surface area contributed by atoms with E-state index >= 15 is 0 Å². The summed E-state index contributed by atoms with van der Waals surface area (Å²) in [6.45, 7) is 0. The van der Waals surface area contributed by atoms with Crippen molar-refractivity contribution in [2.24, 2.45) is 5.73 Å². The van der Waals surface area contributed by atoms with Gasteiger partial charge in [-0.05, 0) is 18.2 Å². The summed E-state index contributed by atoms with van der Waals surface area (Å²) in [5.74, 6) is -0.0654. The van der Waals surface area contributed by atoms with Crippen LogP contribution in [0.4, 0.5) is 0 Å². The predicted octanol–water partition coefficient (Wildman–Crippen LogP) is 0.980. The minimum atomic E-state index is -0.510. The minimum Gasteiger partial charge on any atom is -0.496 e. The molecule has 0 aliphatic rings. The quantitative estimate of drug-likeness (QED) is 0.833. The van der Waals surface area contributed by atoms with Gasteiger partial charge in [-0.25, -0.2) is 4.68 Å². The molecule has 5 heteroatoms. The smallest absolute Gasteiger partial charge is 0.252 e. The highest BCUT2D eigenvalue weighted by molar-refractivity contribution is 5.95. The molecule has 0 aliphatic carbocycles. The molecule has 0 atom stereocenters. The minimum absolute atomic E-state index is 0.360. The summed E-state index contributed by atoms with van der Waals surface area (Å²) in [6.07, 6.45) is 3.48. The predicted molar refractivity (Wildman–Crippen MR) is 58.6 cm³/mol. The Bertz CT molecular complexity index is 506. The van der Waals surface area contributed by atoms with Crippen LogP contribution in [0.25, 0.3) is 5.69 Å². The molecule has 0 radical (unpaired) electrons. The zero-order valence-electron chi connectivity index (χ0n) is 8.75. The van der Waals surface area contributed by atoms with Crippen LogP contribution < -0.4 is 10.5 Å². The third kappa shape index (κ3) is 1.75. The SMILES string of the molecule is COc1cc(-n2cccn2)ccc1C(N)=O. The van der Waals surface area contributed by atoms with Crippen LogP contribution in [0, 0.1) is 0 Å². The molecule has 16 heavy (non-hydrogen) atoms. The number of nitrogens with two attached hydrogens (primary N) is 1. The fraction of sp³-hybridized carbons (Fsp3) is 0.0909. The van der Waals surface area contributed by atoms with E-state index in [1.807, 2.05) is 6.07 Å². The zero-order chi connectivity index (χ0) is 11.5. The lowest BCUT2D eigenvalue weighted by molar-refractivity contribution is 0.0997. The summed E-state index contributed by atoms with van der Waals surface area (Å²) in [7, 11) is 1.49. The highest BCUT2D eigenvalue weighted by Gasteiger charge is 2.09. The van der Waals surface area contributed by atoms with E-state index in [2.05, 4.69) is 5.10 Å².